The smallest absolute Gasteiger partial charge is 0.222 e. The molecule has 1 saturated heterocycles. The highest BCUT2D eigenvalue weighted by Crippen LogP contribution is 2.23. The minimum Gasteiger partial charge on any atom is -0.342 e. The van der Waals surface area contributed by atoms with E-state index in [9.17, 15) is 9.59 Å². The quantitative estimate of drug-likeness (QED) is 0.742. The van der Waals surface area contributed by atoms with Crippen LogP contribution in [0.5, 0.6) is 0 Å². The zero-order valence-electron chi connectivity index (χ0n) is 14.1. The van der Waals surface area contributed by atoms with Crippen LogP contribution in [0.25, 0.3) is 0 Å². The molecule has 5 nitrogen and oxygen atoms in total. The number of carbonyl (C=O) groups excluding carboxylic acids is 2. The third-order valence-electron chi connectivity index (χ3n) is 4.59. The fraction of sp³-hybridized carbons (Fsp3) is 0.421. The van der Waals surface area contributed by atoms with Gasteiger partial charge in [-0.2, -0.15) is 5.10 Å². The lowest BCUT2D eigenvalue weighted by molar-refractivity contribution is -0.132. The molecule has 1 amide bonds. The van der Waals surface area contributed by atoms with Gasteiger partial charge in [0, 0.05) is 55.0 Å². The Morgan fingerprint density at radius 1 is 1.28 bits per heavy atom. The molecule has 6 heteroatoms. The van der Waals surface area contributed by atoms with Crippen LogP contribution in [0.2, 0.25) is 5.02 Å². The molecule has 1 aromatic carbocycles. The molecule has 0 spiro atoms. The molecule has 1 aliphatic rings. The molecule has 1 aliphatic heterocycles. The van der Waals surface area contributed by atoms with E-state index in [1.807, 2.05) is 21.8 Å². The summed E-state index contributed by atoms with van der Waals surface area (Å²) in [5.74, 6) is 0.0644. The second-order valence-corrected chi connectivity index (χ2v) is 6.86. The van der Waals surface area contributed by atoms with Gasteiger partial charge in [0.25, 0.3) is 0 Å². The topological polar surface area (TPSA) is 55.2 Å². The van der Waals surface area contributed by atoms with E-state index in [-0.39, 0.29) is 17.6 Å². The van der Waals surface area contributed by atoms with Crippen LogP contribution in [0, 0.1) is 5.92 Å². The van der Waals surface area contributed by atoms with Gasteiger partial charge in [-0.25, -0.2) is 0 Å². The molecular weight excluding hydrogens is 338 g/mol. The first-order valence-corrected chi connectivity index (χ1v) is 9.06. The van der Waals surface area contributed by atoms with E-state index in [2.05, 4.69) is 5.10 Å². The van der Waals surface area contributed by atoms with Gasteiger partial charge in [-0.15, -0.1) is 0 Å². The zero-order valence-corrected chi connectivity index (χ0v) is 14.9. The fourth-order valence-electron chi connectivity index (χ4n) is 3.28. The summed E-state index contributed by atoms with van der Waals surface area (Å²) in [4.78, 5) is 27.0. The number of nitrogens with zero attached hydrogens (tertiary/aromatic N) is 3. The molecule has 2 aromatic rings. The van der Waals surface area contributed by atoms with Crippen molar-refractivity contribution in [1.29, 1.82) is 0 Å². The molecule has 0 saturated carbocycles. The molecule has 0 radical (unpaired) electrons. The molecule has 132 valence electrons. The van der Waals surface area contributed by atoms with Gasteiger partial charge in [-0.3, -0.25) is 14.3 Å². The van der Waals surface area contributed by atoms with Gasteiger partial charge in [-0.05, 0) is 37.5 Å². The Morgan fingerprint density at radius 3 is 2.92 bits per heavy atom. The van der Waals surface area contributed by atoms with Crippen LogP contribution in [0.15, 0.2) is 42.7 Å². The van der Waals surface area contributed by atoms with Crippen LogP contribution >= 0.6 is 11.6 Å². The fourth-order valence-corrected chi connectivity index (χ4v) is 3.47. The van der Waals surface area contributed by atoms with Gasteiger partial charge in [0.1, 0.15) is 0 Å². The number of aromatic nitrogens is 2. The van der Waals surface area contributed by atoms with Crippen molar-refractivity contribution in [3.8, 4) is 0 Å². The summed E-state index contributed by atoms with van der Waals surface area (Å²) in [5, 5.41) is 4.70. The monoisotopic (exact) mass is 359 g/mol. The molecular formula is C19H22ClN3O2. The van der Waals surface area contributed by atoms with Gasteiger partial charge in [-0.1, -0.05) is 23.7 Å². The highest BCUT2D eigenvalue weighted by atomic mass is 35.5. The van der Waals surface area contributed by atoms with Crippen molar-refractivity contribution in [3.63, 3.8) is 0 Å². The molecule has 3 rings (SSSR count). The number of aryl methyl sites for hydroxylation is 1. The molecule has 0 N–H and O–H groups in total. The molecule has 0 unspecified atom stereocenters. The van der Waals surface area contributed by atoms with Crippen LogP contribution in [-0.2, 0) is 11.3 Å². The maximum Gasteiger partial charge on any atom is 0.222 e. The standard InChI is InChI=1S/C19H22ClN3O2/c20-17-7-1-5-15(13-17)19(25)16-6-2-10-22(14-16)18(24)8-3-11-23-12-4-9-21-23/h1,4-5,7,9,12-13,16H,2-3,6,8,10-11,14H2/t16-/m0/s1. The lowest BCUT2D eigenvalue weighted by atomic mass is 9.90. The largest absolute Gasteiger partial charge is 0.342 e. The van der Waals surface area contributed by atoms with Gasteiger partial charge >= 0.3 is 0 Å². The van der Waals surface area contributed by atoms with Crippen LogP contribution in [-0.4, -0.2) is 39.5 Å². The third kappa shape index (κ3) is 4.69. The Morgan fingerprint density at radius 2 is 2.16 bits per heavy atom. The van der Waals surface area contributed by atoms with Crippen LogP contribution in [0.4, 0.5) is 0 Å². The van der Waals surface area contributed by atoms with Crippen molar-refractivity contribution in [3.05, 3.63) is 53.3 Å². The van der Waals surface area contributed by atoms with E-state index in [0.717, 1.165) is 32.4 Å². The van der Waals surface area contributed by atoms with E-state index >= 15 is 0 Å². The number of ketones is 1. The number of benzene rings is 1. The third-order valence-corrected chi connectivity index (χ3v) is 4.83. The first-order chi connectivity index (χ1) is 12.1. The summed E-state index contributed by atoms with van der Waals surface area (Å²) in [5.41, 5.74) is 0.630. The Balaban J connectivity index is 1.53. The first kappa shape index (κ1) is 17.7. The normalized spacial score (nSPS) is 17.5. The number of Topliss-reactive ketones (excluding diaryl/α,β-unsaturated/α-hetero) is 1. The molecule has 25 heavy (non-hydrogen) atoms. The summed E-state index contributed by atoms with van der Waals surface area (Å²) in [6.45, 7) is 1.98. The number of piperidine rings is 1. The highest BCUT2D eigenvalue weighted by molar-refractivity contribution is 6.31. The van der Waals surface area contributed by atoms with Crippen molar-refractivity contribution < 1.29 is 9.59 Å². The van der Waals surface area contributed by atoms with Gasteiger partial charge in [0.2, 0.25) is 5.91 Å². The maximum atomic E-state index is 12.7. The lowest BCUT2D eigenvalue weighted by Gasteiger charge is -2.32. The number of likely N-dealkylation sites (tertiary alicyclic amines) is 1. The molecule has 1 aromatic heterocycles. The van der Waals surface area contributed by atoms with E-state index in [0.29, 0.717) is 23.6 Å². The van der Waals surface area contributed by atoms with Crippen molar-refractivity contribution in [2.24, 2.45) is 5.92 Å². The molecule has 2 heterocycles. The Hall–Kier alpha value is -2.14. The number of rotatable bonds is 6. The SMILES string of the molecule is O=C(c1cccc(Cl)c1)[C@H]1CCCN(C(=O)CCCn2cccn2)C1. The Bertz CT molecular complexity index is 730. The molecule has 1 atom stereocenters. The summed E-state index contributed by atoms with van der Waals surface area (Å²) in [6, 6.07) is 8.91. The van der Waals surface area contributed by atoms with E-state index in [1.165, 1.54) is 0 Å². The number of halogens is 1. The van der Waals surface area contributed by atoms with Crippen molar-refractivity contribution in [2.75, 3.05) is 13.1 Å². The minimum absolute atomic E-state index is 0.0801. The number of amides is 1. The second-order valence-electron chi connectivity index (χ2n) is 6.43. The number of hydrogen-bond donors (Lipinski definition) is 0. The average Bonchev–Trinajstić information content (AvgIpc) is 3.14. The van der Waals surface area contributed by atoms with E-state index in [1.54, 1.807) is 30.5 Å². The Labute approximate surface area is 152 Å². The summed E-state index contributed by atoms with van der Waals surface area (Å²) in [7, 11) is 0. The minimum atomic E-state index is -0.137. The predicted molar refractivity (Wildman–Crippen MR) is 96.5 cm³/mol. The molecule has 0 bridgehead atoms. The lowest BCUT2D eigenvalue weighted by Crippen LogP contribution is -2.42. The van der Waals surface area contributed by atoms with Crippen molar-refractivity contribution >= 4 is 23.3 Å². The first-order valence-electron chi connectivity index (χ1n) is 8.68. The summed E-state index contributed by atoms with van der Waals surface area (Å²) >= 11 is 5.98. The van der Waals surface area contributed by atoms with Gasteiger partial charge < -0.3 is 4.90 Å². The second kappa shape index (κ2) is 8.30. The van der Waals surface area contributed by atoms with Crippen molar-refractivity contribution in [1.82, 2.24) is 14.7 Å². The number of carbonyl (C=O) groups is 2. The Kier molecular flexibility index (Phi) is 5.87. The van der Waals surface area contributed by atoms with E-state index < -0.39 is 0 Å². The van der Waals surface area contributed by atoms with Crippen LogP contribution < -0.4 is 0 Å². The summed E-state index contributed by atoms with van der Waals surface area (Å²) in [6.07, 6.45) is 6.55. The van der Waals surface area contributed by atoms with Crippen molar-refractivity contribution in [2.45, 2.75) is 32.2 Å². The van der Waals surface area contributed by atoms with Crippen LogP contribution in [0.1, 0.15) is 36.0 Å². The average molecular weight is 360 g/mol. The van der Waals surface area contributed by atoms with Gasteiger partial charge in [0.15, 0.2) is 5.78 Å². The summed E-state index contributed by atoms with van der Waals surface area (Å²) < 4.78 is 1.83. The highest BCUT2D eigenvalue weighted by Gasteiger charge is 2.28. The predicted octanol–water partition coefficient (Wildman–Crippen LogP) is 3.44. The zero-order chi connectivity index (χ0) is 17.6. The number of hydrogen-bond acceptors (Lipinski definition) is 3. The molecule has 0 aliphatic carbocycles. The van der Waals surface area contributed by atoms with Crippen LogP contribution in [0.3, 0.4) is 0 Å². The molecule has 1 fully saturated rings. The van der Waals surface area contributed by atoms with Gasteiger partial charge in [0.05, 0.1) is 0 Å². The maximum absolute atomic E-state index is 12.7. The van der Waals surface area contributed by atoms with E-state index in [4.69, 9.17) is 11.6 Å².